The van der Waals surface area contributed by atoms with Crippen LogP contribution in [0.25, 0.3) is 10.9 Å². The second kappa shape index (κ2) is 9.17. The Morgan fingerprint density at radius 1 is 1.15 bits per heavy atom. The molecule has 2 aliphatic rings. The molecule has 1 aliphatic heterocycles. The molecule has 2 aromatic carbocycles. The number of ether oxygens (including phenoxy) is 1. The van der Waals surface area contributed by atoms with Crippen molar-refractivity contribution in [1.82, 2.24) is 15.6 Å². The molecule has 3 aromatic rings. The topological polar surface area (TPSA) is 86.5 Å². The first-order valence-electron chi connectivity index (χ1n) is 11.8. The van der Waals surface area contributed by atoms with Gasteiger partial charge in [0.2, 0.25) is 5.91 Å². The summed E-state index contributed by atoms with van der Waals surface area (Å²) in [6.07, 6.45) is 5.01. The number of benzene rings is 2. The molecular formula is C26H30N4O3. The number of anilines is 1. The highest BCUT2D eigenvalue weighted by Gasteiger charge is 2.31. The molecule has 1 aromatic heterocycles. The minimum atomic E-state index is -0.252. The first-order valence-corrected chi connectivity index (χ1v) is 11.8. The lowest BCUT2D eigenvalue weighted by Gasteiger charge is -2.18. The molecule has 172 valence electrons. The van der Waals surface area contributed by atoms with Crippen LogP contribution in [0.5, 0.6) is 5.75 Å². The quantitative estimate of drug-likeness (QED) is 0.534. The van der Waals surface area contributed by atoms with Gasteiger partial charge in [0.15, 0.2) is 0 Å². The van der Waals surface area contributed by atoms with Gasteiger partial charge in [0.25, 0.3) is 0 Å². The lowest BCUT2D eigenvalue weighted by Crippen LogP contribution is -2.43. The second-order valence-electron chi connectivity index (χ2n) is 8.83. The molecule has 0 spiro atoms. The summed E-state index contributed by atoms with van der Waals surface area (Å²) in [5, 5.41) is 7.17. The summed E-state index contributed by atoms with van der Waals surface area (Å²) < 4.78 is 5.46. The molecule has 1 fully saturated rings. The van der Waals surface area contributed by atoms with E-state index < -0.39 is 0 Å². The minimum Gasteiger partial charge on any atom is -0.494 e. The van der Waals surface area contributed by atoms with Crippen molar-refractivity contribution in [3.05, 3.63) is 59.3 Å². The zero-order valence-corrected chi connectivity index (χ0v) is 18.9. The van der Waals surface area contributed by atoms with Crippen LogP contribution in [-0.2, 0) is 24.2 Å². The number of hydrogen-bond acceptors (Lipinski definition) is 3. The maximum atomic E-state index is 12.5. The standard InChI is InChI=1S/C26H30N4O3/c1-2-33-20-10-8-19(9-11-20)30-16-18(14-25(30)31)28-26(32)27-15-17-7-12-24-22(13-17)21-5-3-4-6-23(21)29-24/h7-13,18,29H,2-6,14-16H2,1H3,(H2,27,28,32). The summed E-state index contributed by atoms with van der Waals surface area (Å²) in [6, 6.07) is 13.3. The van der Waals surface area contributed by atoms with E-state index >= 15 is 0 Å². The van der Waals surface area contributed by atoms with E-state index in [-0.39, 0.29) is 18.0 Å². The maximum Gasteiger partial charge on any atom is 0.315 e. The Morgan fingerprint density at radius 3 is 2.79 bits per heavy atom. The highest BCUT2D eigenvalue weighted by molar-refractivity contribution is 5.96. The first kappa shape index (κ1) is 21.4. The summed E-state index contributed by atoms with van der Waals surface area (Å²) in [6.45, 7) is 3.45. The Bertz CT molecular complexity index is 1170. The molecule has 7 heteroatoms. The van der Waals surface area contributed by atoms with Crippen LogP contribution in [0, 0.1) is 0 Å². The van der Waals surface area contributed by atoms with Gasteiger partial charge >= 0.3 is 6.03 Å². The number of carbonyl (C=O) groups is 2. The van der Waals surface area contributed by atoms with Gasteiger partial charge in [0.1, 0.15) is 5.75 Å². The van der Waals surface area contributed by atoms with Crippen LogP contribution < -0.4 is 20.3 Å². The van der Waals surface area contributed by atoms with E-state index in [1.165, 1.54) is 35.0 Å². The van der Waals surface area contributed by atoms with E-state index in [0.29, 0.717) is 26.1 Å². The molecule has 5 rings (SSSR count). The molecule has 1 aliphatic carbocycles. The van der Waals surface area contributed by atoms with Crippen molar-refractivity contribution < 1.29 is 14.3 Å². The van der Waals surface area contributed by atoms with Gasteiger partial charge in [-0.2, -0.15) is 0 Å². The fourth-order valence-electron chi connectivity index (χ4n) is 4.92. The number of carbonyl (C=O) groups excluding carboxylic acids is 2. The molecular weight excluding hydrogens is 416 g/mol. The monoisotopic (exact) mass is 446 g/mol. The normalized spacial score (nSPS) is 17.8. The van der Waals surface area contributed by atoms with Crippen LogP contribution in [0.4, 0.5) is 10.5 Å². The minimum absolute atomic E-state index is 0.00661. The van der Waals surface area contributed by atoms with Crippen molar-refractivity contribution in [2.75, 3.05) is 18.1 Å². The van der Waals surface area contributed by atoms with E-state index in [9.17, 15) is 9.59 Å². The average Bonchev–Trinajstić information content (AvgIpc) is 3.38. The Kier molecular flexibility index (Phi) is 5.94. The van der Waals surface area contributed by atoms with Gasteiger partial charge < -0.3 is 25.3 Å². The van der Waals surface area contributed by atoms with Crippen molar-refractivity contribution in [1.29, 1.82) is 0 Å². The fourth-order valence-corrected chi connectivity index (χ4v) is 4.92. The summed E-state index contributed by atoms with van der Waals surface area (Å²) in [7, 11) is 0. The van der Waals surface area contributed by atoms with E-state index in [4.69, 9.17) is 4.74 Å². The molecule has 0 radical (unpaired) electrons. The highest BCUT2D eigenvalue weighted by atomic mass is 16.5. The largest absolute Gasteiger partial charge is 0.494 e. The Morgan fingerprint density at radius 2 is 1.97 bits per heavy atom. The average molecular weight is 447 g/mol. The van der Waals surface area contributed by atoms with Crippen molar-refractivity contribution in [3.63, 3.8) is 0 Å². The third-order valence-electron chi connectivity index (χ3n) is 6.54. The number of urea groups is 1. The third kappa shape index (κ3) is 4.53. The molecule has 0 saturated carbocycles. The van der Waals surface area contributed by atoms with Gasteiger partial charge in [0, 0.05) is 41.8 Å². The van der Waals surface area contributed by atoms with E-state index in [2.05, 4.69) is 33.8 Å². The summed E-state index contributed by atoms with van der Waals surface area (Å²) in [5.74, 6) is 0.785. The Hall–Kier alpha value is -3.48. The number of fused-ring (bicyclic) bond motifs is 3. The maximum absolute atomic E-state index is 12.5. The molecule has 2 heterocycles. The Labute approximate surface area is 193 Å². The van der Waals surface area contributed by atoms with E-state index in [0.717, 1.165) is 29.8 Å². The Balaban J connectivity index is 1.16. The van der Waals surface area contributed by atoms with Crippen molar-refractivity contribution >= 4 is 28.5 Å². The zero-order chi connectivity index (χ0) is 22.8. The molecule has 0 bridgehead atoms. The van der Waals surface area contributed by atoms with Gasteiger partial charge in [-0.3, -0.25) is 4.79 Å². The lowest BCUT2D eigenvalue weighted by atomic mass is 9.95. The highest BCUT2D eigenvalue weighted by Crippen LogP contribution is 2.29. The van der Waals surface area contributed by atoms with Crippen molar-refractivity contribution in [2.24, 2.45) is 0 Å². The number of nitrogens with one attached hydrogen (secondary N) is 3. The summed E-state index contributed by atoms with van der Waals surface area (Å²) in [4.78, 5) is 30.3. The van der Waals surface area contributed by atoms with Gasteiger partial charge in [0.05, 0.1) is 12.6 Å². The number of aromatic nitrogens is 1. The molecule has 3 N–H and O–H groups in total. The van der Waals surface area contributed by atoms with Gasteiger partial charge in [-0.05, 0) is 80.1 Å². The molecule has 1 saturated heterocycles. The third-order valence-corrected chi connectivity index (χ3v) is 6.54. The first-order chi connectivity index (χ1) is 16.1. The number of rotatable bonds is 6. The van der Waals surface area contributed by atoms with Crippen LogP contribution in [0.1, 0.15) is 43.0 Å². The van der Waals surface area contributed by atoms with Gasteiger partial charge in [-0.1, -0.05) is 6.07 Å². The predicted octanol–water partition coefficient (Wildman–Crippen LogP) is 4.05. The summed E-state index contributed by atoms with van der Waals surface area (Å²) in [5.41, 5.74) is 5.86. The number of H-pyrrole nitrogens is 1. The molecule has 7 nitrogen and oxygen atoms in total. The number of amides is 3. The predicted molar refractivity (Wildman–Crippen MR) is 129 cm³/mol. The molecule has 33 heavy (non-hydrogen) atoms. The second-order valence-corrected chi connectivity index (χ2v) is 8.83. The number of aromatic amines is 1. The van der Waals surface area contributed by atoms with Crippen LogP contribution in [-0.4, -0.2) is 36.1 Å². The van der Waals surface area contributed by atoms with Crippen LogP contribution in [0.2, 0.25) is 0 Å². The van der Waals surface area contributed by atoms with Crippen LogP contribution in [0.15, 0.2) is 42.5 Å². The molecule has 1 atom stereocenters. The fraction of sp³-hybridized carbons (Fsp3) is 0.385. The van der Waals surface area contributed by atoms with Gasteiger partial charge in [-0.15, -0.1) is 0 Å². The van der Waals surface area contributed by atoms with E-state index in [1.54, 1.807) is 4.90 Å². The van der Waals surface area contributed by atoms with Crippen molar-refractivity contribution in [2.45, 2.75) is 51.6 Å². The zero-order valence-electron chi connectivity index (χ0n) is 18.9. The van der Waals surface area contributed by atoms with Crippen LogP contribution >= 0.6 is 0 Å². The number of hydrogen-bond donors (Lipinski definition) is 3. The lowest BCUT2D eigenvalue weighted by molar-refractivity contribution is -0.117. The van der Waals surface area contributed by atoms with Crippen molar-refractivity contribution in [3.8, 4) is 5.75 Å². The number of aryl methyl sites for hydroxylation is 2. The smallest absolute Gasteiger partial charge is 0.315 e. The van der Waals surface area contributed by atoms with Gasteiger partial charge in [-0.25, -0.2) is 4.79 Å². The number of nitrogens with zero attached hydrogens (tertiary/aromatic N) is 1. The molecule has 1 unspecified atom stereocenters. The summed E-state index contributed by atoms with van der Waals surface area (Å²) >= 11 is 0. The van der Waals surface area contributed by atoms with E-state index in [1.807, 2.05) is 31.2 Å². The van der Waals surface area contributed by atoms with Crippen LogP contribution in [0.3, 0.4) is 0 Å². The SMILES string of the molecule is CCOc1ccc(N2CC(NC(=O)NCc3ccc4[nH]c5c(c4c3)CCCC5)CC2=O)cc1. The molecule has 3 amide bonds.